The van der Waals surface area contributed by atoms with Gasteiger partial charge in [0, 0.05) is 30.8 Å². The lowest BCUT2D eigenvalue weighted by atomic mass is 10.1. The number of fused-ring (bicyclic) bond motifs is 1. The van der Waals surface area contributed by atoms with Crippen LogP contribution in [0.1, 0.15) is 37.4 Å². The predicted octanol–water partition coefficient (Wildman–Crippen LogP) is 1.56. The first-order valence-electron chi connectivity index (χ1n) is 7.14. The number of aryl methyl sites for hydroxylation is 1. The Morgan fingerprint density at radius 3 is 2.90 bits per heavy atom. The summed E-state index contributed by atoms with van der Waals surface area (Å²) in [4.78, 5) is 10.9. The van der Waals surface area contributed by atoms with Gasteiger partial charge in [-0.05, 0) is 25.7 Å². The van der Waals surface area contributed by atoms with E-state index < -0.39 is 0 Å². The van der Waals surface area contributed by atoms with E-state index in [0.29, 0.717) is 6.54 Å². The molecular formula is C14H23N5O. The van der Waals surface area contributed by atoms with E-state index in [9.17, 15) is 0 Å². The van der Waals surface area contributed by atoms with Gasteiger partial charge in [0.1, 0.15) is 18.0 Å². The van der Waals surface area contributed by atoms with Gasteiger partial charge in [-0.15, -0.1) is 0 Å². The smallest absolute Gasteiger partial charge is 0.143 e. The van der Waals surface area contributed by atoms with Crippen LogP contribution in [0.5, 0.6) is 0 Å². The number of amidine groups is 1. The average molecular weight is 277 g/mol. The molecule has 0 bridgehead atoms. The Morgan fingerprint density at radius 1 is 1.40 bits per heavy atom. The molecule has 6 heteroatoms. The number of nitrogens with zero attached hydrogens (tertiary/aromatic N) is 4. The lowest BCUT2D eigenvalue weighted by molar-refractivity contribution is 0.314. The van der Waals surface area contributed by atoms with Crippen molar-refractivity contribution in [1.82, 2.24) is 9.97 Å². The molecule has 1 aromatic rings. The van der Waals surface area contributed by atoms with E-state index >= 15 is 0 Å². The Hall–Kier alpha value is -1.85. The summed E-state index contributed by atoms with van der Waals surface area (Å²) < 4.78 is 0. The van der Waals surface area contributed by atoms with Crippen LogP contribution < -0.4 is 10.6 Å². The van der Waals surface area contributed by atoms with E-state index in [0.717, 1.165) is 18.7 Å². The zero-order valence-corrected chi connectivity index (χ0v) is 12.2. The van der Waals surface area contributed by atoms with Crippen molar-refractivity contribution in [3.05, 3.63) is 17.6 Å². The van der Waals surface area contributed by atoms with Crippen molar-refractivity contribution < 1.29 is 5.21 Å². The Labute approximate surface area is 119 Å². The molecule has 0 aliphatic heterocycles. The number of oxime groups is 1. The van der Waals surface area contributed by atoms with Crippen molar-refractivity contribution in [3.8, 4) is 0 Å². The van der Waals surface area contributed by atoms with E-state index in [-0.39, 0.29) is 11.8 Å². The highest BCUT2D eigenvalue weighted by atomic mass is 16.4. The maximum atomic E-state index is 8.74. The van der Waals surface area contributed by atoms with Crippen molar-refractivity contribution in [1.29, 1.82) is 0 Å². The molecular weight excluding hydrogens is 254 g/mol. The van der Waals surface area contributed by atoms with E-state index in [1.165, 1.54) is 30.5 Å². The standard InChI is InChI=1S/C14H23N5O/c1-10(13(15)18-20)8-19(2)14-11-6-4-3-5-7-12(11)16-9-17-14/h9-10,20H,3-8H2,1-2H3,(H2,15,18). The fourth-order valence-electron chi connectivity index (χ4n) is 2.70. The maximum absolute atomic E-state index is 8.74. The van der Waals surface area contributed by atoms with Gasteiger partial charge in [-0.2, -0.15) is 0 Å². The second-order valence-corrected chi connectivity index (χ2v) is 5.49. The Balaban J connectivity index is 2.20. The topological polar surface area (TPSA) is 87.6 Å². The van der Waals surface area contributed by atoms with Gasteiger partial charge in [0.05, 0.1) is 0 Å². The van der Waals surface area contributed by atoms with Crippen LogP contribution in [0.2, 0.25) is 0 Å². The van der Waals surface area contributed by atoms with Crippen molar-refractivity contribution in [2.24, 2.45) is 16.8 Å². The summed E-state index contributed by atoms with van der Waals surface area (Å²) in [6.07, 6.45) is 7.36. The first kappa shape index (κ1) is 14.6. The molecule has 20 heavy (non-hydrogen) atoms. The highest BCUT2D eigenvalue weighted by Crippen LogP contribution is 2.26. The molecule has 6 nitrogen and oxygen atoms in total. The summed E-state index contributed by atoms with van der Waals surface area (Å²) in [5, 5.41) is 11.8. The lowest BCUT2D eigenvalue weighted by Gasteiger charge is -2.24. The van der Waals surface area contributed by atoms with Gasteiger partial charge in [0.25, 0.3) is 0 Å². The summed E-state index contributed by atoms with van der Waals surface area (Å²) >= 11 is 0. The fourth-order valence-corrected chi connectivity index (χ4v) is 2.70. The molecule has 0 radical (unpaired) electrons. The molecule has 0 aromatic carbocycles. The molecule has 0 saturated carbocycles. The summed E-state index contributed by atoms with van der Waals surface area (Å²) in [7, 11) is 1.99. The molecule has 0 spiro atoms. The molecule has 1 aromatic heterocycles. The number of aromatic nitrogens is 2. The monoisotopic (exact) mass is 277 g/mol. The molecule has 1 atom stereocenters. The third kappa shape index (κ3) is 3.18. The number of hydrogen-bond acceptors (Lipinski definition) is 5. The van der Waals surface area contributed by atoms with Crippen LogP contribution in [-0.2, 0) is 12.8 Å². The normalized spacial score (nSPS) is 17.2. The first-order chi connectivity index (χ1) is 9.63. The van der Waals surface area contributed by atoms with Crippen LogP contribution >= 0.6 is 0 Å². The van der Waals surface area contributed by atoms with Gasteiger partial charge in [-0.25, -0.2) is 9.97 Å². The molecule has 1 aliphatic rings. The molecule has 110 valence electrons. The largest absolute Gasteiger partial charge is 0.409 e. The second kappa shape index (κ2) is 6.54. The third-order valence-electron chi connectivity index (χ3n) is 3.88. The molecule has 0 fully saturated rings. The summed E-state index contributed by atoms with van der Waals surface area (Å²) in [6.45, 7) is 2.60. The Morgan fingerprint density at radius 2 is 2.15 bits per heavy atom. The Bertz CT molecular complexity index is 488. The van der Waals surface area contributed by atoms with E-state index in [2.05, 4.69) is 20.0 Å². The fraction of sp³-hybridized carbons (Fsp3) is 0.643. The van der Waals surface area contributed by atoms with Gasteiger partial charge >= 0.3 is 0 Å². The van der Waals surface area contributed by atoms with Gasteiger partial charge < -0.3 is 15.8 Å². The molecule has 1 unspecified atom stereocenters. The van der Waals surface area contributed by atoms with Crippen molar-refractivity contribution in [3.63, 3.8) is 0 Å². The molecule has 0 saturated heterocycles. The number of hydrogen-bond donors (Lipinski definition) is 2. The number of nitrogens with two attached hydrogens (primary N) is 1. The first-order valence-corrected chi connectivity index (χ1v) is 7.14. The van der Waals surface area contributed by atoms with Crippen molar-refractivity contribution in [2.45, 2.75) is 39.0 Å². The molecule has 0 amide bonds. The molecule has 2 rings (SSSR count). The third-order valence-corrected chi connectivity index (χ3v) is 3.88. The highest BCUT2D eigenvalue weighted by Gasteiger charge is 2.19. The maximum Gasteiger partial charge on any atom is 0.143 e. The van der Waals surface area contributed by atoms with E-state index in [4.69, 9.17) is 10.9 Å². The van der Waals surface area contributed by atoms with E-state index in [1.807, 2.05) is 14.0 Å². The lowest BCUT2D eigenvalue weighted by Crippen LogP contribution is -2.33. The van der Waals surface area contributed by atoms with Crippen molar-refractivity contribution >= 4 is 11.7 Å². The second-order valence-electron chi connectivity index (χ2n) is 5.49. The molecule has 1 aliphatic carbocycles. The van der Waals surface area contributed by atoms with Crippen LogP contribution in [0, 0.1) is 5.92 Å². The van der Waals surface area contributed by atoms with Crippen LogP contribution in [0.25, 0.3) is 0 Å². The zero-order valence-electron chi connectivity index (χ0n) is 12.2. The zero-order chi connectivity index (χ0) is 14.5. The minimum absolute atomic E-state index is 0.0265. The summed E-state index contributed by atoms with van der Waals surface area (Å²) in [5.41, 5.74) is 8.09. The number of rotatable bonds is 4. The SMILES string of the molecule is CC(CN(C)c1ncnc2c1CCCCC2)C(N)=NO. The Kier molecular flexibility index (Phi) is 4.76. The average Bonchev–Trinajstić information content (AvgIpc) is 2.70. The minimum Gasteiger partial charge on any atom is -0.409 e. The number of anilines is 1. The van der Waals surface area contributed by atoms with Gasteiger partial charge in [-0.1, -0.05) is 18.5 Å². The van der Waals surface area contributed by atoms with Crippen LogP contribution in [0.15, 0.2) is 11.5 Å². The quantitative estimate of drug-likeness (QED) is 0.287. The van der Waals surface area contributed by atoms with Crippen LogP contribution in [-0.4, -0.2) is 34.6 Å². The molecule has 1 heterocycles. The summed E-state index contributed by atoms with van der Waals surface area (Å²) in [5.74, 6) is 1.20. The predicted molar refractivity (Wildman–Crippen MR) is 79.1 cm³/mol. The highest BCUT2D eigenvalue weighted by molar-refractivity contribution is 5.82. The van der Waals surface area contributed by atoms with Gasteiger partial charge in [0.2, 0.25) is 0 Å². The summed E-state index contributed by atoms with van der Waals surface area (Å²) in [6, 6.07) is 0. The van der Waals surface area contributed by atoms with Crippen LogP contribution in [0.4, 0.5) is 5.82 Å². The van der Waals surface area contributed by atoms with Gasteiger partial charge in [0.15, 0.2) is 0 Å². The molecule has 3 N–H and O–H groups in total. The minimum atomic E-state index is -0.0265. The van der Waals surface area contributed by atoms with Crippen LogP contribution in [0.3, 0.4) is 0 Å². The van der Waals surface area contributed by atoms with Gasteiger partial charge in [-0.3, -0.25) is 0 Å². The van der Waals surface area contributed by atoms with E-state index in [1.54, 1.807) is 6.33 Å². The van der Waals surface area contributed by atoms with Crippen molar-refractivity contribution in [2.75, 3.05) is 18.5 Å².